The Hall–Kier alpha value is -3.41. The molecule has 3 heterocycles. The molecule has 11 nitrogen and oxygen atoms in total. The van der Waals surface area contributed by atoms with Gasteiger partial charge in [0.1, 0.15) is 35.5 Å². The van der Waals surface area contributed by atoms with Crippen molar-refractivity contribution in [1.29, 1.82) is 0 Å². The molecule has 0 unspecified atom stereocenters. The molecule has 154 valence electrons. The molecule has 3 aromatic heterocycles. The van der Waals surface area contributed by atoms with Gasteiger partial charge < -0.3 is 20.1 Å². The number of carbonyl (C=O) groups is 3. The van der Waals surface area contributed by atoms with E-state index in [-0.39, 0.29) is 30.9 Å². The third-order valence-electron chi connectivity index (χ3n) is 4.55. The zero-order valence-corrected chi connectivity index (χ0v) is 17.2. The molecule has 1 aliphatic rings. The zero-order valence-electron chi connectivity index (χ0n) is 15.7. The first-order chi connectivity index (χ1) is 14.5. The molecule has 0 aliphatic heterocycles. The standard InChI is InChI=1S/C18H17BrN8O3/c19-13-5-20-6-14(24-13)25-15(29)7-27(11-1-2-11)16(30)8-26-4-3-12-17(23-10-28)21-9-22-18(12)26/h3-6,9-11H,1-2,7-8H2,(H,24,25,29)(H,21,22,23,28). The number of aromatic nitrogens is 5. The monoisotopic (exact) mass is 472 g/mol. The molecule has 2 N–H and O–H groups in total. The highest BCUT2D eigenvalue weighted by Crippen LogP contribution is 2.27. The van der Waals surface area contributed by atoms with Crippen LogP contribution in [-0.2, 0) is 20.9 Å². The fourth-order valence-electron chi connectivity index (χ4n) is 3.09. The van der Waals surface area contributed by atoms with Crippen LogP contribution in [0.15, 0.2) is 35.6 Å². The second kappa shape index (κ2) is 8.53. The summed E-state index contributed by atoms with van der Waals surface area (Å²) >= 11 is 3.20. The number of hydrogen-bond acceptors (Lipinski definition) is 7. The molecule has 1 aliphatic carbocycles. The van der Waals surface area contributed by atoms with Gasteiger partial charge in [0.05, 0.1) is 17.8 Å². The minimum absolute atomic E-state index is 0.0154. The molecular formula is C18H17BrN8O3. The summed E-state index contributed by atoms with van der Waals surface area (Å²) < 4.78 is 2.17. The highest BCUT2D eigenvalue weighted by atomic mass is 79.9. The molecule has 3 aromatic rings. The van der Waals surface area contributed by atoms with Crippen molar-refractivity contribution in [3.63, 3.8) is 0 Å². The van der Waals surface area contributed by atoms with E-state index < -0.39 is 0 Å². The lowest BCUT2D eigenvalue weighted by Gasteiger charge is -2.22. The average Bonchev–Trinajstić information content (AvgIpc) is 3.48. The molecule has 0 saturated heterocycles. The van der Waals surface area contributed by atoms with Crippen LogP contribution in [0.25, 0.3) is 11.0 Å². The number of rotatable bonds is 8. The number of halogens is 1. The van der Waals surface area contributed by atoms with E-state index in [0.717, 1.165) is 12.8 Å². The quantitative estimate of drug-likeness (QED) is 0.469. The predicted molar refractivity (Wildman–Crippen MR) is 110 cm³/mol. The predicted octanol–water partition coefficient (Wildman–Crippen LogP) is 1.18. The summed E-state index contributed by atoms with van der Waals surface area (Å²) in [6.45, 7) is -0.0641. The Morgan fingerprint density at radius 3 is 2.87 bits per heavy atom. The maximum atomic E-state index is 13.0. The number of nitrogens with one attached hydrogen (secondary N) is 2. The SMILES string of the molecule is O=CNc1ncnc2c1ccn2CC(=O)N(CC(=O)Nc1cncc(Br)n1)C1CC1. The van der Waals surface area contributed by atoms with E-state index in [2.05, 4.69) is 46.5 Å². The van der Waals surface area contributed by atoms with Gasteiger partial charge in [-0.25, -0.2) is 15.0 Å². The van der Waals surface area contributed by atoms with Crippen LogP contribution in [0.4, 0.5) is 11.6 Å². The highest BCUT2D eigenvalue weighted by Gasteiger charge is 2.34. The van der Waals surface area contributed by atoms with E-state index in [4.69, 9.17) is 0 Å². The summed E-state index contributed by atoms with van der Waals surface area (Å²) in [7, 11) is 0. The van der Waals surface area contributed by atoms with Gasteiger partial charge in [0.25, 0.3) is 0 Å². The largest absolute Gasteiger partial charge is 0.329 e. The molecule has 3 amide bonds. The van der Waals surface area contributed by atoms with Crippen LogP contribution < -0.4 is 10.6 Å². The van der Waals surface area contributed by atoms with E-state index in [1.807, 2.05) is 0 Å². The van der Waals surface area contributed by atoms with Gasteiger partial charge in [-0.1, -0.05) is 0 Å². The Bertz CT molecular complexity index is 1110. The molecule has 4 rings (SSSR count). The third-order valence-corrected chi connectivity index (χ3v) is 4.93. The van der Waals surface area contributed by atoms with E-state index in [1.165, 1.54) is 18.7 Å². The molecule has 1 saturated carbocycles. The van der Waals surface area contributed by atoms with Crippen LogP contribution in [0.2, 0.25) is 0 Å². The van der Waals surface area contributed by atoms with Crippen LogP contribution in [0.1, 0.15) is 12.8 Å². The normalized spacial score (nSPS) is 13.1. The van der Waals surface area contributed by atoms with Crippen LogP contribution >= 0.6 is 15.9 Å². The third kappa shape index (κ3) is 4.43. The van der Waals surface area contributed by atoms with Gasteiger partial charge in [-0.3, -0.25) is 19.4 Å². The van der Waals surface area contributed by atoms with Gasteiger partial charge in [-0.05, 0) is 34.8 Å². The average molecular weight is 473 g/mol. The summed E-state index contributed by atoms with van der Waals surface area (Å²) in [6.07, 6.45) is 8.22. The second-order valence-corrected chi connectivity index (χ2v) is 7.51. The Balaban J connectivity index is 1.47. The van der Waals surface area contributed by atoms with Crippen LogP contribution in [0.5, 0.6) is 0 Å². The van der Waals surface area contributed by atoms with Gasteiger partial charge in [-0.15, -0.1) is 0 Å². The van der Waals surface area contributed by atoms with E-state index in [0.29, 0.717) is 33.7 Å². The maximum absolute atomic E-state index is 13.0. The van der Waals surface area contributed by atoms with E-state index in [1.54, 1.807) is 21.7 Å². The minimum atomic E-state index is -0.347. The zero-order chi connectivity index (χ0) is 21.1. The number of hydrogen-bond donors (Lipinski definition) is 2. The molecular weight excluding hydrogens is 456 g/mol. The van der Waals surface area contributed by atoms with Gasteiger partial charge >= 0.3 is 0 Å². The summed E-state index contributed by atoms with van der Waals surface area (Å²) in [6, 6.07) is 1.77. The molecule has 0 aromatic carbocycles. The van der Waals surface area contributed by atoms with Gasteiger partial charge in [-0.2, -0.15) is 0 Å². The van der Waals surface area contributed by atoms with Crippen molar-refractivity contribution in [2.24, 2.45) is 0 Å². The number of carbonyl (C=O) groups excluding carboxylic acids is 3. The second-order valence-electron chi connectivity index (χ2n) is 6.69. The maximum Gasteiger partial charge on any atom is 0.245 e. The number of fused-ring (bicyclic) bond motifs is 1. The Labute approximate surface area is 179 Å². The van der Waals surface area contributed by atoms with Crippen LogP contribution in [-0.4, -0.2) is 60.2 Å². The molecule has 0 spiro atoms. The van der Waals surface area contributed by atoms with E-state index >= 15 is 0 Å². The lowest BCUT2D eigenvalue weighted by atomic mass is 10.3. The smallest absolute Gasteiger partial charge is 0.245 e. The topological polar surface area (TPSA) is 135 Å². The number of anilines is 2. The first-order valence-corrected chi connectivity index (χ1v) is 9.91. The lowest BCUT2D eigenvalue weighted by Crippen LogP contribution is -2.41. The molecule has 0 bridgehead atoms. The number of nitrogens with zero attached hydrogens (tertiary/aromatic N) is 6. The molecule has 0 atom stereocenters. The first-order valence-electron chi connectivity index (χ1n) is 9.12. The Kier molecular flexibility index (Phi) is 5.65. The Morgan fingerprint density at radius 1 is 1.30 bits per heavy atom. The summed E-state index contributed by atoms with van der Waals surface area (Å²) in [5.41, 5.74) is 0.521. The van der Waals surface area contributed by atoms with Crippen LogP contribution in [0, 0.1) is 0 Å². The van der Waals surface area contributed by atoms with Crippen molar-refractivity contribution < 1.29 is 14.4 Å². The fraction of sp³-hybridized carbons (Fsp3) is 0.278. The number of amides is 3. The van der Waals surface area contributed by atoms with Crippen molar-refractivity contribution in [3.8, 4) is 0 Å². The van der Waals surface area contributed by atoms with Crippen molar-refractivity contribution in [2.45, 2.75) is 25.4 Å². The van der Waals surface area contributed by atoms with Crippen LogP contribution in [0.3, 0.4) is 0 Å². The van der Waals surface area contributed by atoms with Crippen molar-refractivity contribution in [3.05, 3.63) is 35.6 Å². The van der Waals surface area contributed by atoms with Gasteiger partial charge in [0.15, 0.2) is 5.82 Å². The van der Waals surface area contributed by atoms with Gasteiger partial charge in [0, 0.05) is 12.2 Å². The van der Waals surface area contributed by atoms with E-state index in [9.17, 15) is 14.4 Å². The summed E-state index contributed by atoms with van der Waals surface area (Å²) in [4.78, 5) is 54.0. The minimum Gasteiger partial charge on any atom is -0.329 e. The lowest BCUT2D eigenvalue weighted by molar-refractivity contribution is -0.135. The molecule has 30 heavy (non-hydrogen) atoms. The van der Waals surface area contributed by atoms with Crippen molar-refractivity contribution in [2.75, 3.05) is 17.2 Å². The Morgan fingerprint density at radius 2 is 2.13 bits per heavy atom. The summed E-state index contributed by atoms with van der Waals surface area (Å²) in [5.74, 6) is 0.129. The molecule has 12 heteroatoms. The summed E-state index contributed by atoms with van der Waals surface area (Å²) in [5, 5.41) is 5.80. The molecule has 1 fully saturated rings. The highest BCUT2D eigenvalue weighted by molar-refractivity contribution is 9.10. The van der Waals surface area contributed by atoms with Gasteiger partial charge in [0.2, 0.25) is 18.2 Å². The van der Waals surface area contributed by atoms with Crippen molar-refractivity contribution >= 4 is 56.8 Å². The van der Waals surface area contributed by atoms with Crippen molar-refractivity contribution in [1.82, 2.24) is 29.4 Å². The first kappa shape index (κ1) is 19.9. The molecule has 0 radical (unpaired) electrons. The fourth-order valence-corrected chi connectivity index (χ4v) is 3.39.